The van der Waals surface area contributed by atoms with E-state index in [1.807, 2.05) is 24.3 Å². The van der Waals surface area contributed by atoms with Crippen LogP contribution in [0.4, 0.5) is 10.7 Å². The molecule has 0 spiro atoms. The number of rotatable bonds is 5. The first-order valence-corrected chi connectivity index (χ1v) is 9.53. The van der Waals surface area contributed by atoms with Crippen LogP contribution in [0, 0.1) is 6.92 Å². The Hall–Kier alpha value is -2.96. The minimum absolute atomic E-state index is 0.0783. The normalized spacial score (nSPS) is 12.7. The summed E-state index contributed by atoms with van der Waals surface area (Å²) in [6, 6.07) is 14.4. The summed E-state index contributed by atoms with van der Waals surface area (Å²) >= 11 is 1.71. The summed E-state index contributed by atoms with van der Waals surface area (Å²) in [4.78, 5) is 17.2. The fourth-order valence-electron chi connectivity index (χ4n) is 3.08. The Bertz CT molecular complexity index is 1020. The summed E-state index contributed by atoms with van der Waals surface area (Å²) in [6.45, 7) is 2.83. The van der Waals surface area contributed by atoms with Crippen molar-refractivity contribution in [2.75, 3.05) is 10.8 Å². The van der Waals surface area contributed by atoms with Gasteiger partial charge in [0.05, 0.1) is 17.2 Å². The zero-order valence-corrected chi connectivity index (χ0v) is 15.6. The molecule has 3 N–H and O–H groups in total. The number of nitrogens with zero attached hydrogens (tertiary/aromatic N) is 1. The van der Waals surface area contributed by atoms with Crippen molar-refractivity contribution in [1.82, 2.24) is 0 Å². The fraction of sp³-hybridized carbons (Fsp3) is 0.143. The van der Waals surface area contributed by atoms with Gasteiger partial charge in [0.25, 0.3) is 0 Å². The van der Waals surface area contributed by atoms with Crippen molar-refractivity contribution in [3.63, 3.8) is 0 Å². The molecule has 0 amide bonds. The summed E-state index contributed by atoms with van der Waals surface area (Å²) in [6.07, 6.45) is 0.703. The lowest BCUT2D eigenvalue weighted by molar-refractivity contribution is 0.103. The van der Waals surface area contributed by atoms with Gasteiger partial charge < -0.3 is 5.32 Å². The van der Waals surface area contributed by atoms with Gasteiger partial charge in [0.15, 0.2) is 5.78 Å². The molecule has 5 nitrogen and oxygen atoms in total. The lowest BCUT2D eigenvalue weighted by Gasteiger charge is -2.16. The van der Waals surface area contributed by atoms with Crippen molar-refractivity contribution in [2.45, 2.75) is 19.9 Å². The van der Waals surface area contributed by atoms with Crippen molar-refractivity contribution in [1.29, 1.82) is 0 Å². The lowest BCUT2D eigenvalue weighted by atomic mass is 10.0. The summed E-state index contributed by atoms with van der Waals surface area (Å²) in [5.74, 6) is 0.871. The van der Waals surface area contributed by atoms with E-state index in [2.05, 4.69) is 28.1 Å². The molecular formula is C21H19N3O2S. The highest BCUT2D eigenvalue weighted by molar-refractivity contribution is 7.14. The number of amidine groups is 1. The quantitative estimate of drug-likeness (QED) is 0.447. The predicted octanol–water partition coefficient (Wildman–Crippen LogP) is 4.66. The molecule has 1 aromatic heterocycles. The molecule has 1 aliphatic rings. The van der Waals surface area contributed by atoms with Crippen molar-refractivity contribution in [2.24, 2.45) is 4.99 Å². The largest absolute Gasteiger partial charge is 0.335 e. The highest BCUT2D eigenvalue weighted by Gasteiger charge is 2.16. The third-order valence-electron chi connectivity index (χ3n) is 4.63. The van der Waals surface area contributed by atoms with Crippen LogP contribution in [0.1, 0.15) is 32.6 Å². The molecule has 136 valence electrons. The van der Waals surface area contributed by atoms with E-state index in [4.69, 9.17) is 5.21 Å². The zero-order chi connectivity index (χ0) is 18.8. The minimum atomic E-state index is -0.0783. The molecule has 0 bridgehead atoms. The number of thiophene rings is 1. The van der Waals surface area contributed by atoms with E-state index in [1.54, 1.807) is 35.6 Å². The molecule has 3 aromatic rings. The topological polar surface area (TPSA) is 73.7 Å². The second kappa shape index (κ2) is 7.34. The van der Waals surface area contributed by atoms with E-state index in [9.17, 15) is 4.79 Å². The van der Waals surface area contributed by atoms with E-state index in [1.165, 1.54) is 16.1 Å². The lowest BCUT2D eigenvalue weighted by Crippen LogP contribution is -2.19. The minimum Gasteiger partial charge on any atom is -0.335 e. The Morgan fingerprint density at radius 1 is 1.22 bits per heavy atom. The molecule has 2 heterocycles. The Balaban J connectivity index is 1.46. The molecule has 0 fully saturated rings. The van der Waals surface area contributed by atoms with Gasteiger partial charge in [-0.05, 0) is 35.6 Å². The van der Waals surface area contributed by atoms with Crippen LogP contribution >= 0.6 is 11.3 Å². The zero-order valence-electron chi connectivity index (χ0n) is 14.8. The average Bonchev–Trinajstić information content (AvgIpc) is 3.08. The Kier molecular flexibility index (Phi) is 4.75. The van der Waals surface area contributed by atoms with E-state index in [0.717, 1.165) is 17.9 Å². The highest BCUT2D eigenvalue weighted by atomic mass is 32.1. The number of anilines is 2. The summed E-state index contributed by atoms with van der Waals surface area (Å²) in [5.41, 5.74) is 7.36. The summed E-state index contributed by atoms with van der Waals surface area (Å²) in [5, 5.41) is 15.7. The molecule has 6 heteroatoms. The molecule has 0 atom stereocenters. The first-order chi connectivity index (χ1) is 13.1. The number of aliphatic imine (C=N–C) groups is 1. The number of hydrogen-bond acceptors (Lipinski definition) is 6. The first-order valence-electron chi connectivity index (χ1n) is 8.65. The number of carbonyl (C=O) groups is 1. The molecule has 1 aliphatic heterocycles. The smallest absolute Gasteiger partial charge is 0.193 e. The molecule has 4 rings (SSSR count). The van der Waals surface area contributed by atoms with Crippen LogP contribution < -0.4 is 10.8 Å². The number of nitrogens with one attached hydrogen (secondary N) is 2. The van der Waals surface area contributed by atoms with Crippen LogP contribution in [-0.2, 0) is 13.0 Å². The number of ketones is 1. The fourth-order valence-corrected chi connectivity index (χ4v) is 4.06. The van der Waals surface area contributed by atoms with Crippen LogP contribution in [0.15, 0.2) is 58.9 Å². The summed E-state index contributed by atoms with van der Waals surface area (Å²) in [7, 11) is 0. The molecule has 0 saturated carbocycles. The van der Waals surface area contributed by atoms with Crippen molar-refractivity contribution in [3.8, 4) is 0 Å². The molecule has 2 aromatic carbocycles. The van der Waals surface area contributed by atoms with Gasteiger partial charge in [0.2, 0.25) is 0 Å². The van der Waals surface area contributed by atoms with E-state index in [0.29, 0.717) is 23.2 Å². The monoisotopic (exact) mass is 377 g/mol. The summed E-state index contributed by atoms with van der Waals surface area (Å²) < 4.78 is 0. The van der Waals surface area contributed by atoms with Gasteiger partial charge in [-0.3, -0.25) is 20.5 Å². The van der Waals surface area contributed by atoms with Crippen LogP contribution in [0.5, 0.6) is 0 Å². The average molecular weight is 377 g/mol. The number of hydrogen-bond donors (Lipinski definition) is 3. The third-order valence-corrected chi connectivity index (χ3v) is 5.69. The van der Waals surface area contributed by atoms with Gasteiger partial charge in [-0.15, -0.1) is 11.3 Å². The number of carbonyl (C=O) groups excluding carboxylic acids is 1. The van der Waals surface area contributed by atoms with Crippen LogP contribution in [0.3, 0.4) is 0 Å². The third kappa shape index (κ3) is 3.63. The SMILES string of the molecule is Cc1csc2c1CN=C(Cc1ccc(C(=O)c3cccc(NO)c3)cc1)N2. The molecule has 0 saturated heterocycles. The molecule has 27 heavy (non-hydrogen) atoms. The van der Waals surface area contributed by atoms with Gasteiger partial charge in [-0.2, -0.15) is 0 Å². The Morgan fingerprint density at radius 2 is 2.04 bits per heavy atom. The van der Waals surface area contributed by atoms with Gasteiger partial charge in [-0.1, -0.05) is 36.4 Å². The molecule has 0 radical (unpaired) electrons. The molecule has 0 aliphatic carbocycles. The van der Waals surface area contributed by atoms with E-state index in [-0.39, 0.29) is 5.78 Å². The van der Waals surface area contributed by atoms with E-state index >= 15 is 0 Å². The van der Waals surface area contributed by atoms with Crippen LogP contribution in [-0.4, -0.2) is 16.8 Å². The maximum absolute atomic E-state index is 12.6. The Labute approximate surface area is 161 Å². The van der Waals surface area contributed by atoms with Crippen molar-refractivity contribution < 1.29 is 10.0 Å². The molecular weight excluding hydrogens is 358 g/mol. The van der Waals surface area contributed by atoms with Gasteiger partial charge in [0, 0.05) is 23.1 Å². The standard InChI is InChI=1S/C21H19N3O2S/c1-13-12-27-21-18(13)11-22-19(23-21)9-14-5-7-15(8-6-14)20(25)16-3-2-4-17(10-16)24-26/h2-8,10,12,24,26H,9,11H2,1H3,(H,22,23). The predicted molar refractivity (Wildman–Crippen MR) is 109 cm³/mol. The van der Waals surface area contributed by atoms with Gasteiger partial charge in [0.1, 0.15) is 5.84 Å². The van der Waals surface area contributed by atoms with E-state index < -0.39 is 0 Å². The first kappa shape index (κ1) is 17.5. The van der Waals surface area contributed by atoms with Gasteiger partial charge in [-0.25, -0.2) is 0 Å². The molecule has 0 unspecified atom stereocenters. The van der Waals surface area contributed by atoms with Gasteiger partial charge >= 0.3 is 0 Å². The Morgan fingerprint density at radius 3 is 2.81 bits per heavy atom. The maximum Gasteiger partial charge on any atom is 0.193 e. The second-order valence-corrected chi connectivity index (χ2v) is 7.39. The maximum atomic E-state index is 12.6. The van der Waals surface area contributed by atoms with Crippen molar-refractivity contribution >= 4 is 33.6 Å². The highest BCUT2D eigenvalue weighted by Crippen LogP contribution is 2.31. The van der Waals surface area contributed by atoms with Crippen LogP contribution in [0.2, 0.25) is 0 Å². The second-order valence-electron chi connectivity index (χ2n) is 6.51. The number of aryl methyl sites for hydroxylation is 1. The number of fused-ring (bicyclic) bond motifs is 1. The van der Waals surface area contributed by atoms with Crippen molar-refractivity contribution in [3.05, 3.63) is 81.7 Å². The number of benzene rings is 2. The van der Waals surface area contributed by atoms with Crippen LogP contribution in [0.25, 0.3) is 0 Å².